The smallest absolute Gasteiger partial charge is 0.462 e. The molecule has 0 atom stereocenters. The molecular formula is C22H25F3N2O4. The van der Waals surface area contributed by atoms with Crippen LogP contribution in [-0.4, -0.2) is 23.9 Å². The molecule has 0 unspecified atom stereocenters. The van der Waals surface area contributed by atoms with Crippen LogP contribution in [0.1, 0.15) is 49.2 Å². The lowest BCUT2D eigenvalue weighted by molar-refractivity contribution is -0.276. The number of esters is 1. The van der Waals surface area contributed by atoms with Crippen molar-refractivity contribution in [3.63, 3.8) is 0 Å². The van der Waals surface area contributed by atoms with Gasteiger partial charge in [-0.2, -0.15) is 0 Å². The van der Waals surface area contributed by atoms with Crippen molar-refractivity contribution in [1.29, 1.82) is 0 Å². The van der Waals surface area contributed by atoms with Crippen molar-refractivity contribution in [2.45, 2.75) is 47.5 Å². The fourth-order valence-corrected chi connectivity index (χ4v) is 2.65. The Morgan fingerprint density at radius 2 is 1.94 bits per heavy atom. The topological polar surface area (TPSA) is 83.7 Å². The number of nitrogens with zero attached hydrogens (tertiary/aromatic N) is 1. The summed E-state index contributed by atoms with van der Waals surface area (Å²) in [6, 6.07) is 4.15. The molecule has 31 heavy (non-hydrogen) atoms. The lowest BCUT2D eigenvalue weighted by Crippen LogP contribution is -2.17. The molecule has 2 N–H and O–H groups in total. The fraction of sp³-hybridized carbons (Fsp3) is 0.364. The van der Waals surface area contributed by atoms with Gasteiger partial charge in [0.25, 0.3) is 0 Å². The molecule has 0 bridgehead atoms. The van der Waals surface area contributed by atoms with Gasteiger partial charge in [0.1, 0.15) is 11.7 Å². The molecule has 2 rings (SSSR count). The summed E-state index contributed by atoms with van der Waals surface area (Å²) in [5.41, 5.74) is 7.98. The molecule has 1 heterocycles. The summed E-state index contributed by atoms with van der Waals surface area (Å²) in [6.07, 6.45) is -1.16. The molecule has 9 heteroatoms. The highest BCUT2D eigenvalue weighted by Crippen LogP contribution is 2.36. The number of hydrogen-bond acceptors (Lipinski definition) is 6. The van der Waals surface area contributed by atoms with Crippen molar-refractivity contribution in [2.75, 3.05) is 6.61 Å². The van der Waals surface area contributed by atoms with E-state index >= 15 is 0 Å². The van der Waals surface area contributed by atoms with Crippen LogP contribution in [0.2, 0.25) is 0 Å². The quantitative estimate of drug-likeness (QED) is 0.506. The molecule has 0 aliphatic heterocycles. The van der Waals surface area contributed by atoms with E-state index < -0.39 is 18.2 Å². The second-order valence-electron chi connectivity index (χ2n) is 5.72. The third-order valence-electron chi connectivity index (χ3n) is 3.83. The zero-order chi connectivity index (χ0) is 23.6. The summed E-state index contributed by atoms with van der Waals surface area (Å²) in [4.78, 5) is 16.1. The van der Waals surface area contributed by atoms with Crippen molar-refractivity contribution in [1.82, 2.24) is 4.98 Å². The van der Waals surface area contributed by atoms with Crippen LogP contribution in [-0.2, 0) is 11.3 Å². The first-order valence-electron chi connectivity index (χ1n) is 9.56. The van der Waals surface area contributed by atoms with E-state index in [1.807, 2.05) is 13.8 Å². The summed E-state index contributed by atoms with van der Waals surface area (Å²) < 4.78 is 51.3. The molecule has 0 spiro atoms. The summed E-state index contributed by atoms with van der Waals surface area (Å²) in [7, 11) is 0. The molecule has 1 aromatic heterocycles. The van der Waals surface area contributed by atoms with E-state index in [9.17, 15) is 18.0 Å². The van der Waals surface area contributed by atoms with Crippen molar-refractivity contribution >= 4 is 5.97 Å². The largest absolute Gasteiger partial charge is 0.574 e. The van der Waals surface area contributed by atoms with Gasteiger partial charge in [-0.25, -0.2) is 9.78 Å². The number of pyridine rings is 1. The number of rotatable bonds is 6. The van der Waals surface area contributed by atoms with E-state index in [1.54, 1.807) is 26.8 Å². The molecule has 0 radical (unpaired) electrons. The van der Waals surface area contributed by atoms with Crippen LogP contribution in [0.4, 0.5) is 13.2 Å². The fourth-order valence-electron chi connectivity index (χ4n) is 2.65. The average molecular weight is 438 g/mol. The van der Waals surface area contributed by atoms with E-state index in [0.717, 1.165) is 6.07 Å². The molecule has 0 amide bonds. The van der Waals surface area contributed by atoms with E-state index in [0.29, 0.717) is 22.3 Å². The molecule has 168 valence electrons. The molecule has 0 saturated heterocycles. The van der Waals surface area contributed by atoms with Crippen LogP contribution in [0.5, 0.6) is 11.6 Å². The monoisotopic (exact) mass is 438 g/mol. The first kappa shape index (κ1) is 25.8. The first-order chi connectivity index (χ1) is 14.7. The zero-order valence-electron chi connectivity index (χ0n) is 18.0. The highest BCUT2D eigenvalue weighted by molar-refractivity contribution is 5.96. The Morgan fingerprint density at radius 1 is 1.26 bits per heavy atom. The van der Waals surface area contributed by atoms with E-state index in [-0.39, 0.29) is 24.5 Å². The van der Waals surface area contributed by atoms with Crippen molar-refractivity contribution in [3.8, 4) is 34.8 Å². The predicted molar refractivity (Wildman–Crippen MR) is 110 cm³/mol. The molecule has 0 fully saturated rings. The second-order valence-corrected chi connectivity index (χ2v) is 5.72. The number of hydrogen-bond donors (Lipinski definition) is 1. The summed E-state index contributed by atoms with van der Waals surface area (Å²) in [5.74, 6) is 1.55. The number of halogens is 3. The van der Waals surface area contributed by atoms with Crippen molar-refractivity contribution < 1.29 is 32.2 Å². The van der Waals surface area contributed by atoms with E-state index in [2.05, 4.69) is 21.7 Å². The molecule has 0 aliphatic carbocycles. The number of benzene rings is 1. The Kier molecular flexibility index (Phi) is 9.83. The third kappa shape index (κ3) is 6.89. The van der Waals surface area contributed by atoms with Crippen LogP contribution in [0.3, 0.4) is 0 Å². The van der Waals surface area contributed by atoms with Gasteiger partial charge in [0.15, 0.2) is 5.75 Å². The number of carbonyl (C=O) groups is 1. The maximum Gasteiger partial charge on any atom is 0.574 e. The highest BCUT2D eigenvalue weighted by Gasteiger charge is 2.31. The Hall–Kier alpha value is -3.25. The standard InChI is InChI=1S/C20H19F3N2O4.C2H6/c1-4-8-28-18-12(3)15(9-14(10-24)17(18)19(26)27-5-2)13-6-7-16(25-11-13)29-20(21,22)23;1-2/h6-7,9,11H,5,10,24H2,1-3H3;1-2H3. The van der Waals surface area contributed by atoms with Gasteiger partial charge in [0.2, 0.25) is 5.88 Å². The van der Waals surface area contributed by atoms with Crippen molar-refractivity contribution in [3.05, 3.63) is 41.1 Å². The zero-order valence-corrected chi connectivity index (χ0v) is 18.0. The molecule has 2 aromatic rings. The van der Waals surface area contributed by atoms with Crippen LogP contribution in [0, 0.1) is 19.0 Å². The predicted octanol–water partition coefficient (Wildman–Crippen LogP) is 4.98. The van der Waals surface area contributed by atoms with Gasteiger partial charge in [-0.15, -0.1) is 13.2 Å². The van der Waals surface area contributed by atoms with Gasteiger partial charge in [0, 0.05) is 36.9 Å². The minimum Gasteiger partial charge on any atom is -0.462 e. The van der Waals surface area contributed by atoms with Crippen LogP contribution < -0.4 is 15.2 Å². The van der Waals surface area contributed by atoms with Gasteiger partial charge >= 0.3 is 12.3 Å². The summed E-state index contributed by atoms with van der Waals surface area (Å²) >= 11 is 0. The summed E-state index contributed by atoms with van der Waals surface area (Å²) in [6.45, 7) is 9.08. The molecule has 0 saturated carbocycles. The maximum absolute atomic E-state index is 12.4. The van der Waals surface area contributed by atoms with Gasteiger partial charge < -0.3 is 19.9 Å². The van der Waals surface area contributed by atoms with Crippen LogP contribution in [0.25, 0.3) is 11.1 Å². The molecule has 6 nitrogen and oxygen atoms in total. The third-order valence-corrected chi connectivity index (χ3v) is 3.83. The van der Waals surface area contributed by atoms with Gasteiger partial charge in [0.05, 0.1) is 6.61 Å². The summed E-state index contributed by atoms with van der Waals surface area (Å²) in [5, 5.41) is 0. The molecule has 1 aromatic carbocycles. The Morgan fingerprint density at radius 3 is 2.42 bits per heavy atom. The van der Waals surface area contributed by atoms with Crippen LogP contribution in [0.15, 0.2) is 24.4 Å². The molecule has 0 aliphatic rings. The van der Waals surface area contributed by atoms with Gasteiger partial charge in [-0.05, 0) is 37.1 Å². The molecular weight excluding hydrogens is 413 g/mol. The number of aromatic nitrogens is 1. The lowest BCUT2D eigenvalue weighted by atomic mass is 9.93. The Labute approximate surface area is 179 Å². The average Bonchev–Trinajstić information content (AvgIpc) is 2.73. The Balaban J connectivity index is 0.00000233. The van der Waals surface area contributed by atoms with E-state index in [1.165, 1.54) is 12.3 Å². The van der Waals surface area contributed by atoms with Crippen LogP contribution >= 0.6 is 0 Å². The minimum absolute atomic E-state index is 0.0000379. The first-order valence-corrected chi connectivity index (χ1v) is 9.56. The maximum atomic E-state index is 12.4. The number of carbonyl (C=O) groups excluding carboxylic acids is 1. The number of nitrogens with two attached hydrogens (primary N) is 1. The number of alkyl halides is 3. The Bertz CT molecular complexity index is 946. The van der Waals surface area contributed by atoms with Gasteiger partial charge in [-0.1, -0.05) is 19.8 Å². The van der Waals surface area contributed by atoms with Crippen molar-refractivity contribution in [2.24, 2.45) is 5.73 Å². The van der Waals surface area contributed by atoms with Gasteiger partial charge in [-0.3, -0.25) is 0 Å². The SMILES string of the molecule is CC.CC#COc1c(C)c(-c2ccc(OC(F)(F)F)nc2)cc(CN)c1C(=O)OCC. The second kappa shape index (κ2) is 11.8. The lowest BCUT2D eigenvalue weighted by Gasteiger charge is -2.17. The normalized spacial score (nSPS) is 10.2. The minimum atomic E-state index is -4.84. The highest BCUT2D eigenvalue weighted by atomic mass is 19.4. The van der Waals surface area contributed by atoms with E-state index in [4.69, 9.17) is 15.2 Å². The number of ether oxygens (including phenoxy) is 3.